The molecule has 0 aliphatic carbocycles. The molecule has 2 aliphatic rings. The zero-order valence-electron chi connectivity index (χ0n) is 12.7. The van der Waals surface area contributed by atoms with E-state index in [-0.39, 0.29) is 5.60 Å². The van der Waals surface area contributed by atoms with Crippen LogP contribution >= 0.6 is 11.8 Å². The van der Waals surface area contributed by atoms with Crippen molar-refractivity contribution in [1.82, 2.24) is 5.32 Å². The van der Waals surface area contributed by atoms with Crippen molar-refractivity contribution in [3.8, 4) is 0 Å². The first-order valence-electron chi connectivity index (χ1n) is 7.72. The summed E-state index contributed by atoms with van der Waals surface area (Å²) in [5, 5.41) is 5.36. The maximum absolute atomic E-state index is 6.03. The van der Waals surface area contributed by atoms with Gasteiger partial charge in [-0.1, -0.05) is 32.5 Å². The van der Waals surface area contributed by atoms with E-state index in [1.54, 1.807) is 0 Å². The van der Waals surface area contributed by atoms with Gasteiger partial charge in [0, 0.05) is 17.9 Å². The highest BCUT2D eigenvalue weighted by atomic mass is 32.2. The van der Waals surface area contributed by atoms with Crippen molar-refractivity contribution in [2.45, 2.75) is 82.7 Å². The Labute approximate surface area is 122 Å². The van der Waals surface area contributed by atoms with Crippen LogP contribution in [0.2, 0.25) is 0 Å². The van der Waals surface area contributed by atoms with Crippen molar-refractivity contribution in [2.75, 3.05) is 6.61 Å². The number of nitrogens with zero attached hydrogens (tertiary/aromatic N) is 1. The molecule has 2 saturated heterocycles. The molecule has 2 fully saturated rings. The fourth-order valence-corrected chi connectivity index (χ4v) is 4.37. The lowest BCUT2D eigenvalue weighted by Crippen LogP contribution is -2.43. The van der Waals surface area contributed by atoms with Gasteiger partial charge in [0.2, 0.25) is 0 Å². The van der Waals surface area contributed by atoms with Crippen LogP contribution in [0.25, 0.3) is 0 Å². The first kappa shape index (κ1) is 15.2. The van der Waals surface area contributed by atoms with Gasteiger partial charge in [-0.25, -0.2) is 0 Å². The van der Waals surface area contributed by atoms with Crippen LogP contribution in [0.5, 0.6) is 0 Å². The minimum absolute atomic E-state index is 0.0730. The molecule has 110 valence electrons. The maximum Gasteiger partial charge on any atom is 0.157 e. The molecule has 0 aromatic heterocycles. The molecule has 2 heterocycles. The van der Waals surface area contributed by atoms with Crippen LogP contribution in [0, 0.1) is 0 Å². The van der Waals surface area contributed by atoms with Gasteiger partial charge in [-0.15, -0.1) is 0 Å². The molecule has 3 unspecified atom stereocenters. The van der Waals surface area contributed by atoms with E-state index in [1.807, 2.05) is 11.8 Å². The highest BCUT2D eigenvalue weighted by Crippen LogP contribution is 2.33. The second kappa shape index (κ2) is 6.49. The van der Waals surface area contributed by atoms with Gasteiger partial charge in [0.25, 0.3) is 0 Å². The van der Waals surface area contributed by atoms with E-state index in [0.717, 1.165) is 37.5 Å². The third-order valence-corrected chi connectivity index (χ3v) is 5.46. The van der Waals surface area contributed by atoms with Crippen molar-refractivity contribution in [2.24, 2.45) is 4.99 Å². The Hall–Kier alpha value is -0.220. The van der Waals surface area contributed by atoms with Crippen LogP contribution in [-0.4, -0.2) is 34.7 Å². The number of ether oxygens (including phenoxy) is 1. The van der Waals surface area contributed by atoms with E-state index in [9.17, 15) is 0 Å². The Morgan fingerprint density at radius 2 is 2.11 bits per heavy atom. The fourth-order valence-electron chi connectivity index (χ4n) is 3.13. The first-order valence-corrected chi connectivity index (χ1v) is 8.60. The number of rotatable bonds is 3. The Balaban J connectivity index is 2.01. The number of thioether (sulfide) groups is 1. The Morgan fingerprint density at radius 3 is 2.74 bits per heavy atom. The molecule has 0 aromatic carbocycles. The molecule has 19 heavy (non-hydrogen) atoms. The summed E-state index contributed by atoms with van der Waals surface area (Å²) in [5.74, 6) is 0. The van der Waals surface area contributed by atoms with Crippen LogP contribution in [0.1, 0.15) is 59.8 Å². The number of hydrogen-bond donors (Lipinski definition) is 1. The minimum atomic E-state index is 0.0730. The number of nitrogens with one attached hydrogen (secondary N) is 1. The van der Waals surface area contributed by atoms with Gasteiger partial charge in [0.05, 0.1) is 11.6 Å². The maximum atomic E-state index is 6.03. The van der Waals surface area contributed by atoms with Gasteiger partial charge in [-0.3, -0.25) is 4.99 Å². The zero-order chi connectivity index (χ0) is 13.9. The van der Waals surface area contributed by atoms with E-state index < -0.39 is 0 Å². The van der Waals surface area contributed by atoms with Crippen molar-refractivity contribution < 1.29 is 4.74 Å². The molecule has 0 bridgehead atoms. The monoisotopic (exact) mass is 284 g/mol. The normalized spacial score (nSPS) is 37.1. The predicted octanol–water partition coefficient (Wildman–Crippen LogP) is 3.58. The van der Waals surface area contributed by atoms with E-state index in [1.165, 1.54) is 6.42 Å². The second-order valence-corrected chi connectivity index (χ2v) is 7.46. The van der Waals surface area contributed by atoms with Gasteiger partial charge < -0.3 is 10.1 Å². The van der Waals surface area contributed by atoms with Crippen molar-refractivity contribution in [1.29, 1.82) is 0 Å². The number of amidine groups is 1. The van der Waals surface area contributed by atoms with Crippen LogP contribution in [-0.2, 0) is 4.74 Å². The SMILES string of the molecule is CCC1(CC)CC(N=C2NC(C)CC(C)S2)CCO1. The summed E-state index contributed by atoms with van der Waals surface area (Å²) in [7, 11) is 0. The molecule has 1 N–H and O–H groups in total. The molecule has 0 spiro atoms. The molecular formula is C15H28N2OS. The third-order valence-electron chi connectivity index (χ3n) is 4.42. The van der Waals surface area contributed by atoms with Crippen molar-refractivity contribution in [3.63, 3.8) is 0 Å². The molecule has 3 nitrogen and oxygen atoms in total. The molecule has 0 amide bonds. The molecular weight excluding hydrogens is 256 g/mol. The lowest BCUT2D eigenvalue weighted by atomic mass is 9.86. The molecule has 4 heteroatoms. The Bertz CT molecular complexity index is 316. The standard InChI is InChI=1S/C15H28N2OS/c1-5-15(6-2)10-13(7-8-18-15)17-14-16-11(3)9-12(4)19-14/h11-13H,5-10H2,1-4H3,(H,16,17). The Kier molecular flexibility index (Phi) is 5.18. The second-order valence-electron chi connectivity index (χ2n) is 6.03. The number of hydrogen-bond acceptors (Lipinski definition) is 3. The largest absolute Gasteiger partial charge is 0.375 e. The van der Waals surface area contributed by atoms with Crippen molar-refractivity contribution in [3.05, 3.63) is 0 Å². The summed E-state index contributed by atoms with van der Waals surface area (Å²) < 4.78 is 6.03. The van der Waals surface area contributed by atoms with E-state index in [4.69, 9.17) is 9.73 Å². The highest BCUT2D eigenvalue weighted by Gasteiger charge is 2.35. The van der Waals surface area contributed by atoms with Crippen LogP contribution in [0.15, 0.2) is 4.99 Å². The molecule has 3 atom stereocenters. The third kappa shape index (κ3) is 3.88. The number of aliphatic imine (C=N–C) groups is 1. The molecule has 2 aliphatic heterocycles. The van der Waals surface area contributed by atoms with Crippen LogP contribution in [0.3, 0.4) is 0 Å². The molecule has 0 aromatic rings. The van der Waals surface area contributed by atoms with Gasteiger partial charge in [0.1, 0.15) is 0 Å². The summed E-state index contributed by atoms with van der Waals surface area (Å²) in [6.45, 7) is 9.87. The molecule has 2 rings (SSSR count). The smallest absolute Gasteiger partial charge is 0.157 e. The van der Waals surface area contributed by atoms with Gasteiger partial charge in [-0.2, -0.15) is 0 Å². The average Bonchev–Trinajstić information content (AvgIpc) is 2.37. The molecule has 0 saturated carbocycles. The van der Waals surface area contributed by atoms with Gasteiger partial charge in [-0.05, 0) is 39.0 Å². The van der Waals surface area contributed by atoms with Gasteiger partial charge in [0.15, 0.2) is 5.17 Å². The van der Waals surface area contributed by atoms with E-state index in [2.05, 4.69) is 33.0 Å². The van der Waals surface area contributed by atoms with E-state index >= 15 is 0 Å². The lowest BCUT2D eigenvalue weighted by molar-refractivity contribution is -0.0884. The minimum Gasteiger partial charge on any atom is -0.375 e. The Morgan fingerprint density at radius 1 is 1.37 bits per heavy atom. The topological polar surface area (TPSA) is 33.6 Å². The highest BCUT2D eigenvalue weighted by molar-refractivity contribution is 8.14. The van der Waals surface area contributed by atoms with Gasteiger partial charge >= 0.3 is 0 Å². The van der Waals surface area contributed by atoms with E-state index in [0.29, 0.717) is 17.3 Å². The van der Waals surface area contributed by atoms with Crippen molar-refractivity contribution >= 4 is 16.9 Å². The zero-order valence-corrected chi connectivity index (χ0v) is 13.6. The molecule has 0 radical (unpaired) electrons. The predicted molar refractivity (Wildman–Crippen MR) is 84.0 cm³/mol. The quantitative estimate of drug-likeness (QED) is 0.860. The summed E-state index contributed by atoms with van der Waals surface area (Å²) in [4.78, 5) is 4.98. The average molecular weight is 284 g/mol. The summed E-state index contributed by atoms with van der Waals surface area (Å²) >= 11 is 1.90. The lowest BCUT2D eigenvalue weighted by Gasteiger charge is -2.39. The van der Waals surface area contributed by atoms with Crippen LogP contribution < -0.4 is 5.32 Å². The first-order chi connectivity index (χ1) is 9.07. The summed E-state index contributed by atoms with van der Waals surface area (Å²) in [6.07, 6.45) is 5.56. The fraction of sp³-hybridized carbons (Fsp3) is 0.933. The van der Waals surface area contributed by atoms with Crippen LogP contribution in [0.4, 0.5) is 0 Å². The summed E-state index contributed by atoms with van der Waals surface area (Å²) in [6, 6.07) is 0.984. The summed E-state index contributed by atoms with van der Waals surface area (Å²) in [5.41, 5.74) is 0.0730.